The summed E-state index contributed by atoms with van der Waals surface area (Å²) in [6, 6.07) is 10.8. The lowest BCUT2D eigenvalue weighted by atomic mass is 10.2. The van der Waals surface area contributed by atoms with Crippen molar-refractivity contribution < 1.29 is 23.2 Å². The molecule has 1 N–H and O–H groups in total. The zero-order valence-electron chi connectivity index (χ0n) is 13.4. The molecule has 0 bridgehead atoms. The third-order valence-electron chi connectivity index (χ3n) is 3.61. The molecule has 0 radical (unpaired) electrons. The van der Waals surface area contributed by atoms with E-state index in [9.17, 15) is 9.59 Å². The fourth-order valence-corrected chi connectivity index (χ4v) is 3.49. The summed E-state index contributed by atoms with van der Waals surface area (Å²) in [6.45, 7) is -0.165. The molecule has 0 saturated heterocycles. The van der Waals surface area contributed by atoms with Gasteiger partial charge in [-0.2, -0.15) is 0 Å². The lowest BCUT2D eigenvalue weighted by Crippen LogP contribution is -2.31. The molecule has 1 aliphatic heterocycles. The summed E-state index contributed by atoms with van der Waals surface area (Å²) in [5, 5.41) is 9.86. The number of benzene rings is 1. The second kappa shape index (κ2) is 7.04. The minimum absolute atomic E-state index is 0.0516. The van der Waals surface area contributed by atoms with Crippen molar-refractivity contribution in [2.24, 2.45) is 0 Å². The zero-order valence-corrected chi connectivity index (χ0v) is 14.2. The lowest BCUT2D eigenvalue weighted by Gasteiger charge is -2.23. The molecule has 3 heterocycles. The maximum atomic E-state index is 12.1. The molecule has 1 atom stereocenters. The van der Waals surface area contributed by atoms with Crippen molar-refractivity contribution in [3.63, 3.8) is 0 Å². The van der Waals surface area contributed by atoms with Gasteiger partial charge in [0.05, 0.1) is 23.6 Å². The Balaban J connectivity index is 1.33. The number of esters is 1. The Kier molecular flexibility index (Phi) is 4.44. The van der Waals surface area contributed by atoms with Crippen LogP contribution in [0.15, 0.2) is 56.4 Å². The highest BCUT2D eigenvalue weighted by atomic mass is 32.2. The molecule has 0 aliphatic carbocycles. The fourth-order valence-electron chi connectivity index (χ4n) is 2.39. The van der Waals surface area contributed by atoms with Gasteiger partial charge in [-0.15, -0.1) is 22.0 Å². The smallest absolute Gasteiger partial charge is 0.307 e. The van der Waals surface area contributed by atoms with E-state index in [-0.39, 0.29) is 30.7 Å². The van der Waals surface area contributed by atoms with Crippen LogP contribution < -0.4 is 5.32 Å². The third-order valence-corrected chi connectivity index (χ3v) is 4.89. The summed E-state index contributed by atoms with van der Waals surface area (Å²) in [4.78, 5) is 25.1. The number of amides is 1. The van der Waals surface area contributed by atoms with Gasteiger partial charge in [0.15, 0.2) is 12.4 Å². The molecule has 0 spiro atoms. The summed E-state index contributed by atoms with van der Waals surface area (Å²) in [6.07, 6.45) is 1.44. The van der Waals surface area contributed by atoms with E-state index in [1.807, 2.05) is 24.3 Å². The molecule has 0 saturated carbocycles. The van der Waals surface area contributed by atoms with Crippen LogP contribution >= 0.6 is 11.8 Å². The lowest BCUT2D eigenvalue weighted by molar-refractivity contribution is -0.146. The Bertz CT molecular complexity index is 938. The number of furan rings is 1. The normalized spacial score (nSPS) is 16.0. The first-order valence-corrected chi connectivity index (χ1v) is 8.65. The van der Waals surface area contributed by atoms with Gasteiger partial charge in [0.2, 0.25) is 5.91 Å². The summed E-state index contributed by atoms with van der Waals surface area (Å²) >= 11 is 1.34. The van der Waals surface area contributed by atoms with Crippen LogP contribution in [0.25, 0.3) is 11.7 Å². The monoisotopic (exact) mass is 371 g/mol. The van der Waals surface area contributed by atoms with Gasteiger partial charge in [0, 0.05) is 4.90 Å². The van der Waals surface area contributed by atoms with E-state index < -0.39 is 11.2 Å². The molecular weight excluding hydrogens is 358 g/mol. The van der Waals surface area contributed by atoms with Crippen molar-refractivity contribution >= 4 is 29.3 Å². The van der Waals surface area contributed by atoms with Crippen molar-refractivity contribution in [1.29, 1.82) is 0 Å². The molecule has 1 aliphatic rings. The van der Waals surface area contributed by atoms with Crippen molar-refractivity contribution in [3.8, 4) is 11.7 Å². The maximum Gasteiger partial charge on any atom is 0.307 e. The van der Waals surface area contributed by atoms with Crippen LogP contribution in [0.4, 0.5) is 5.69 Å². The molecule has 1 amide bonds. The van der Waals surface area contributed by atoms with Crippen molar-refractivity contribution in [2.45, 2.75) is 23.2 Å². The molecule has 2 aromatic heterocycles. The number of anilines is 1. The predicted octanol–water partition coefficient (Wildman–Crippen LogP) is 2.88. The summed E-state index contributed by atoms with van der Waals surface area (Å²) in [5.74, 6) is 0.0538. The molecule has 0 unspecified atom stereocenters. The Morgan fingerprint density at radius 2 is 2.12 bits per heavy atom. The Morgan fingerprint density at radius 1 is 1.23 bits per heavy atom. The van der Waals surface area contributed by atoms with Crippen LogP contribution in [-0.2, 0) is 20.9 Å². The van der Waals surface area contributed by atoms with E-state index >= 15 is 0 Å². The first-order valence-electron chi connectivity index (χ1n) is 7.77. The standard InChI is InChI=1S/C17H13N3O5S/c21-15(8-13-16(22)18-10-4-1-2-6-12(10)26-13)24-9-14-19-20-17(25-14)11-5-3-7-23-11/h1-7,13H,8-9H2,(H,18,22)/t13-/m1/s1. The van der Waals surface area contributed by atoms with E-state index in [0.29, 0.717) is 5.76 Å². The van der Waals surface area contributed by atoms with Crippen LogP contribution in [0.2, 0.25) is 0 Å². The van der Waals surface area contributed by atoms with E-state index in [0.717, 1.165) is 10.6 Å². The van der Waals surface area contributed by atoms with E-state index in [4.69, 9.17) is 13.6 Å². The average molecular weight is 371 g/mol. The highest BCUT2D eigenvalue weighted by Crippen LogP contribution is 2.36. The minimum atomic E-state index is -0.543. The number of ether oxygens (including phenoxy) is 1. The Labute approximate surface area is 151 Å². The van der Waals surface area contributed by atoms with E-state index in [2.05, 4.69) is 15.5 Å². The minimum Gasteiger partial charge on any atom is -0.459 e. The molecular formula is C17H13N3O5S. The van der Waals surface area contributed by atoms with Crippen LogP contribution in [0.3, 0.4) is 0 Å². The number of fused-ring (bicyclic) bond motifs is 1. The van der Waals surface area contributed by atoms with E-state index in [1.165, 1.54) is 18.0 Å². The van der Waals surface area contributed by atoms with Crippen molar-refractivity contribution in [2.75, 3.05) is 5.32 Å². The number of hydrogen-bond donors (Lipinski definition) is 1. The van der Waals surface area contributed by atoms with Crippen LogP contribution in [0, 0.1) is 0 Å². The summed E-state index contributed by atoms with van der Waals surface area (Å²) < 4.78 is 15.6. The SMILES string of the molecule is O=C(C[C@H]1Sc2ccccc2NC1=O)OCc1nnc(-c2ccco2)o1. The molecule has 26 heavy (non-hydrogen) atoms. The number of carbonyl (C=O) groups excluding carboxylic acids is 2. The number of para-hydroxylation sites is 1. The van der Waals surface area contributed by atoms with Crippen LogP contribution in [-0.4, -0.2) is 27.3 Å². The number of hydrogen-bond acceptors (Lipinski definition) is 8. The highest BCUT2D eigenvalue weighted by Gasteiger charge is 2.29. The topological polar surface area (TPSA) is 107 Å². The van der Waals surface area contributed by atoms with Crippen LogP contribution in [0.1, 0.15) is 12.3 Å². The molecule has 3 aromatic rings. The summed E-state index contributed by atoms with van der Waals surface area (Å²) in [5.41, 5.74) is 0.753. The number of nitrogens with zero attached hydrogens (tertiary/aromatic N) is 2. The zero-order chi connectivity index (χ0) is 17.9. The first kappa shape index (κ1) is 16.4. The average Bonchev–Trinajstić information content (AvgIpc) is 3.32. The van der Waals surface area contributed by atoms with Gasteiger partial charge in [-0.3, -0.25) is 9.59 Å². The maximum absolute atomic E-state index is 12.1. The van der Waals surface area contributed by atoms with Crippen molar-refractivity contribution in [3.05, 3.63) is 48.6 Å². The van der Waals surface area contributed by atoms with Gasteiger partial charge in [-0.1, -0.05) is 12.1 Å². The molecule has 1 aromatic carbocycles. The number of carbonyl (C=O) groups is 2. The summed E-state index contributed by atoms with van der Waals surface area (Å²) in [7, 11) is 0. The number of rotatable bonds is 5. The quantitative estimate of drug-likeness (QED) is 0.682. The van der Waals surface area contributed by atoms with Gasteiger partial charge < -0.3 is 18.9 Å². The molecule has 8 nitrogen and oxygen atoms in total. The Hall–Kier alpha value is -3.07. The molecule has 4 rings (SSSR count). The van der Waals surface area contributed by atoms with Gasteiger partial charge >= 0.3 is 5.97 Å². The van der Waals surface area contributed by atoms with Crippen molar-refractivity contribution in [1.82, 2.24) is 10.2 Å². The van der Waals surface area contributed by atoms with Gasteiger partial charge in [-0.25, -0.2) is 0 Å². The molecule has 9 heteroatoms. The first-order chi connectivity index (χ1) is 12.7. The largest absolute Gasteiger partial charge is 0.459 e. The fraction of sp³-hybridized carbons (Fsp3) is 0.176. The molecule has 132 valence electrons. The number of thioether (sulfide) groups is 1. The Morgan fingerprint density at radius 3 is 2.96 bits per heavy atom. The number of nitrogens with one attached hydrogen (secondary N) is 1. The van der Waals surface area contributed by atoms with Gasteiger partial charge in [0.1, 0.15) is 0 Å². The van der Waals surface area contributed by atoms with Crippen LogP contribution in [0.5, 0.6) is 0 Å². The third kappa shape index (κ3) is 3.47. The van der Waals surface area contributed by atoms with Gasteiger partial charge in [-0.05, 0) is 24.3 Å². The highest BCUT2D eigenvalue weighted by molar-refractivity contribution is 8.01. The van der Waals surface area contributed by atoms with E-state index in [1.54, 1.807) is 12.1 Å². The second-order valence-corrected chi connectivity index (χ2v) is 6.68. The molecule has 0 fully saturated rings. The predicted molar refractivity (Wildman–Crippen MR) is 91.1 cm³/mol. The second-order valence-electron chi connectivity index (χ2n) is 5.43. The number of aromatic nitrogens is 2. The van der Waals surface area contributed by atoms with Gasteiger partial charge in [0.25, 0.3) is 11.8 Å².